The number of primary amides is 1. The number of aromatic nitrogens is 3. The molecule has 0 bridgehead atoms. The molecule has 3 aromatic rings. The largest absolute Gasteiger partial charge is 0.469 e. The van der Waals surface area contributed by atoms with Crippen molar-refractivity contribution in [1.82, 2.24) is 14.8 Å². The van der Waals surface area contributed by atoms with Crippen molar-refractivity contribution < 1.29 is 14.0 Å². The van der Waals surface area contributed by atoms with Crippen molar-refractivity contribution in [3.05, 3.63) is 60.6 Å². The first-order valence-electron chi connectivity index (χ1n) is 8.40. The second kappa shape index (κ2) is 8.57. The van der Waals surface area contributed by atoms with E-state index in [0.717, 1.165) is 11.3 Å². The van der Waals surface area contributed by atoms with E-state index < -0.39 is 5.91 Å². The third kappa shape index (κ3) is 4.32. The Bertz CT molecular complexity index is 1010. The number of nitrogens with zero attached hydrogens (tertiary/aromatic N) is 3. The second-order valence-electron chi connectivity index (χ2n) is 5.87. The van der Waals surface area contributed by atoms with Gasteiger partial charge in [-0.3, -0.25) is 14.2 Å². The van der Waals surface area contributed by atoms with Gasteiger partial charge in [0.05, 0.1) is 17.6 Å². The number of carbonyl (C=O) groups is 2. The first-order valence-corrected chi connectivity index (χ1v) is 9.39. The fourth-order valence-corrected chi connectivity index (χ4v) is 3.30. The highest BCUT2D eigenvalue weighted by Crippen LogP contribution is 2.27. The van der Waals surface area contributed by atoms with Gasteiger partial charge in [-0.15, -0.1) is 16.8 Å². The Labute approximate surface area is 165 Å². The number of furan rings is 1. The molecule has 28 heavy (non-hydrogen) atoms. The van der Waals surface area contributed by atoms with Crippen LogP contribution in [0.2, 0.25) is 0 Å². The minimum absolute atomic E-state index is 0.150. The Balaban J connectivity index is 1.67. The van der Waals surface area contributed by atoms with Crippen LogP contribution < -0.4 is 11.1 Å². The van der Waals surface area contributed by atoms with Gasteiger partial charge in [-0.1, -0.05) is 17.8 Å². The van der Waals surface area contributed by atoms with Gasteiger partial charge in [-0.2, -0.15) is 0 Å². The average Bonchev–Trinajstić information content (AvgIpc) is 3.26. The van der Waals surface area contributed by atoms with E-state index in [-0.39, 0.29) is 11.7 Å². The number of nitrogens with two attached hydrogens (primary N) is 1. The number of carbonyl (C=O) groups excluding carboxylic acids is 2. The van der Waals surface area contributed by atoms with E-state index in [1.165, 1.54) is 11.8 Å². The highest BCUT2D eigenvalue weighted by molar-refractivity contribution is 7.99. The minimum atomic E-state index is -0.515. The van der Waals surface area contributed by atoms with Crippen LogP contribution in [0, 0.1) is 6.92 Å². The summed E-state index contributed by atoms with van der Waals surface area (Å²) in [6, 6.07) is 8.21. The van der Waals surface area contributed by atoms with Crippen LogP contribution in [0.1, 0.15) is 16.1 Å². The zero-order chi connectivity index (χ0) is 20.1. The molecule has 0 atom stereocenters. The predicted molar refractivity (Wildman–Crippen MR) is 107 cm³/mol. The van der Waals surface area contributed by atoms with Gasteiger partial charge in [0.1, 0.15) is 5.76 Å². The van der Waals surface area contributed by atoms with E-state index >= 15 is 0 Å². The summed E-state index contributed by atoms with van der Waals surface area (Å²) >= 11 is 1.27. The molecule has 1 aromatic carbocycles. The molecule has 0 saturated carbocycles. The molecule has 0 fully saturated rings. The van der Waals surface area contributed by atoms with Crippen molar-refractivity contribution in [1.29, 1.82) is 0 Å². The molecule has 0 aliphatic heterocycles. The summed E-state index contributed by atoms with van der Waals surface area (Å²) in [5.41, 5.74) is 7.01. The zero-order valence-electron chi connectivity index (χ0n) is 15.2. The minimum Gasteiger partial charge on any atom is -0.469 e. The maximum Gasteiger partial charge on any atom is 0.248 e. The molecule has 3 N–H and O–H groups in total. The first-order chi connectivity index (χ1) is 13.5. The molecular formula is C19H19N5O3S. The van der Waals surface area contributed by atoms with Gasteiger partial charge in [-0.05, 0) is 37.3 Å². The molecule has 0 aliphatic rings. The highest BCUT2D eigenvalue weighted by atomic mass is 32.2. The van der Waals surface area contributed by atoms with E-state index in [1.807, 2.05) is 17.6 Å². The van der Waals surface area contributed by atoms with Crippen molar-refractivity contribution in [3.63, 3.8) is 0 Å². The number of amides is 2. The lowest BCUT2D eigenvalue weighted by atomic mass is 10.2. The Kier molecular flexibility index (Phi) is 5.95. The van der Waals surface area contributed by atoms with Crippen LogP contribution in [-0.2, 0) is 11.3 Å². The van der Waals surface area contributed by atoms with Gasteiger partial charge in [0.2, 0.25) is 11.8 Å². The summed E-state index contributed by atoms with van der Waals surface area (Å²) in [7, 11) is 0. The molecular weight excluding hydrogens is 378 g/mol. The topological polar surface area (TPSA) is 116 Å². The average molecular weight is 397 g/mol. The van der Waals surface area contributed by atoms with Gasteiger partial charge in [-0.25, -0.2) is 0 Å². The number of benzene rings is 1. The summed E-state index contributed by atoms with van der Waals surface area (Å²) in [5.74, 6) is 0.837. The Morgan fingerprint density at radius 3 is 2.64 bits per heavy atom. The quantitative estimate of drug-likeness (QED) is 0.446. The first kappa shape index (κ1) is 19.4. The van der Waals surface area contributed by atoms with Crippen LogP contribution in [0.15, 0.2) is 58.8 Å². The molecule has 0 unspecified atom stereocenters. The lowest BCUT2D eigenvalue weighted by Crippen LogP contribution is -2.15. The summed E-state index contributed by atoms with van der Waals surface area (Å²) in [5, 5.41) is 11.8. The van der Waals surface area contributed by atoms with E-state index in [2.05, 4.69) is 22.1 Å². The molecule has 2 aromatic heterocycles. The lowest BCUT2D eigenvalue weighted by Gasteiger charge is -2.08. The normalized spacial score (nSPS) is 10.6. The van der Waals surface area contributed by atoms with E-state index in [1.54, 1.807) is 36.6 Å². The summed E-state index contributed by atoms with van der Waals surface area (Å²) in [6.45, 7) is 6.13. The maximum absolute atomic E-state index is 12.2. The van der Waals surface area contributed by atoms with Crippen LogP contribution in [0.3, 0.4) is 0 Å². The summed E-state index contributed by atoms with van der Waals surface area (Å²) in [6.07, 6.45) is 3.34. The second-order valence-corrected chi connectivity index (χ2v) is 6.82. The smallest absolute Gasteiger partial charge is 0.248 e. The van der Waals surface area contributed by atoms with Gasteiger partial charge < -0.3 is 15.5 Å². The molecule has 0 radical (unpaired) electrons. The molecule has 8 nitrogen and oxygen atoms in total. The van der Waals surface area contributed by atoms with E-state index in [0.29, 0.717) is 28.8 Å². The van der Waals surface area contributed by atoms with Crippen LogP contribution in [-0.4, -0.2) is 32.3 Å². The van der Waals surface area contributed by atoms with Crippen LogP contribution in [0.25, 0.3) is 11.4 Å². The molecule has 2 heterocycles. The molecule has 0 aliphatic carbocycles. The van der Waals surface area contributed by atoms with E-state index in [4.69, 9.17) is 10.2 Å². The fourth-order valence-electron chi connectivity index (χ4n) is 2.55. The molecule has 0 spiro atoms. The molecule has 144 valence electrons. The molecule has 0 saturated heterocycles. The van der Waals surface area contributed by atoms with Gasteiger partial charge >= 0.3 is 0 Å². The number of nitrogens with one attached hydrogen (secondary N) is 1. The summed E-state index contributed by atoms with van der Waals surface area (Å²) in [4.78, 5) is 23.3. The Morgan fingerprint density at radius 2 is 2.04 bits per heavy atom. The highest BCUT2D eigenvalue weighted by Gasteiger charge is 2.17. The summed E-state index contributed by atoms with van der Waals surface area (Å²) < 4.78 is 7.22. The van der Waals surface area contributed by atoms with Crippen molar-refractivity contribution >= 4 is 29.3 Å². The number of allylic oxidation sites excluding steroid dienone is 1. The zero-order valence-corrected chi connectivity index (χ0v) is 16.0. The maximum atomic E-state index is 12.2. The van der Waals surface area contributed by atoms with Crippen molar-refractivity contribution in [2.24, 2.45) is 5.73 Å². The van der Waals surface area contributed by atoms with Crippen molar-refractivity contribution in [2.75, 3.05) is 11.1 Å². The number of anilines is 1. The monoisotopic (exact) mass is 397 g/mol. The Morgan fingerprint density at radius 1 is 1.29 bits per heavy atom. The Hall–Kier alpha value is -3.33. The predicted octanol–water partition coefficient (Wildman–Crippen LogP) is 2.86. The fraction of sp³-hybridized carbons (Fsp3) is 0.158. The van der Waals surface area contributed by atoms with Gasteiger partial charge in [0, 0.05) is 17.8 Å². The lowest BCUT2D eigenvalue weighted by molar-refractivity contribution is -0.113. The van der Waals surface area contributed by atoms with Crippen molar-refractivity contribution in [2.45, 2.75) is 18.6 Å². The van der Waals surface area contributed by atoms with Gasteiger partial charge in [0.15, 0.2) is 11.0 Å². The molecule has 9 heteroatoms. The number of rotatable bonds is 8. The number of thioether (sulfide) groups is 1. The van der Waals surface area contributed by atoms with Gasteiger partial charge in [0.25, 0.3) is 0 Å². The molecule has 2 amide bonds. The van der Waals surface area contributed by atoms with Crippen LogP contribution in [0.4, 0.5) is 5.69 Å². The van der Waals surface area contributed by atoms with E-state index in [9.17, 15) is 9.59 Å². The number of hydrogen-bond acceptors (Lipinski definition) is 6. The standard InChI is InChI=1S/C19H19N5O3S/c1-3-9-24-18(15-8-10-27-12(15)2)22-23-19(24)28-11-16(25)21-14-6-4-13(5-7-14)17(20)26/h3-8,10H,1,9,11H2,2H3,(H2,20,26)(H,21,25). The van der Waals surface area contributed by atoms with Crippen molar-refractivity contribution in [3.8, 4) is 11.4 Å². The van der Waals surface area contributed by atoms with Crippen LogP contribution in [0.5, 0.6) is 0 Å². The number of aryl methyl sites for hydroxylation is 1. The third-order valence-electron chi connectivity index (χ3n) is 3.91. The van der Waals surface area contributed by atoms with Crippen LogP contribution >= 0.6 is 11.8 Å². The number of hydrogen-bond donors (Lipinski definition) is 2. The SMILES string of the molecule is C=CCn1c(SCC(=O)Nc2ccc(C(N)=O)cc2)nnc1-c1ccoc1C. The molecule has 3 rings (SSSR count). The third-order valence-corrected chi connectivity index (χ3v) is 4.88.